The molecule has 0 amide bonds. The summed E-state index contributed by atoms with van der Waals surface area (Å²) in [5.74, 6) is -1.75. The van der Waals surface area contributed by atoms with Crippen molar-refractivity contribution in [2.45, 2.75) is 109 Å². The van der Waals surface area contributed by atoms with E-state index in [1.807, 2.05) is 26.2 Å². The number of Topliss-reactive ketones (excluding diaryl/α,β-unsaturated/α-hetero) is 1. The van der Waals surface area contributed by atoms with E-state index in [2.05, 4.69) is 4.98 Å². The van der Waals surface area contributed by atoms with Crippen molar-refractivity contribution < 1.29 is 34.0 Å². The van der Waals surface area contributed by atoms with Gasteiger partial charge in [-0.15, -0.1) is 11.3 Å². The van der Waals surface area contributed by atoms with Gasteiger partial charge in [-0.25, -0.2) is 4.98 Å². The molecule has 38 heavy (non-hydrogen) atoms. The second kappa shape index (κ2) is 11.6. The lowest BCUT2D eigenvalue weighted by Crippen LogP contribution is -2.47. The first kappa shape index (κ1) is 29.6. The summed E-state index contributed by atoms with van der Waals surface area (Å²) in [4.78, 5) is 31.2. The van der Waals surface area contributed by atoms with Gasteiger partial charge in [0.15, 0.2) is 0 Å². The molecular weight excluding hydrogens is 530 g/mol. The standard InChI is InChI=1S/C28H40ClNO7S/c1-15-7-6-8-28(5)23(37-28)11-21(20(29)9-17-14-38-16(2)30-17)36-24(32)12-22(31)27(3,4)26(34)19(25(15)33)10-18-13-35-18/h9,14-15,18-19,21-23,25,31,33H,6-8,10-13H2,1-5H3/b20-9-/t15-,18?,19+,21-,22-,23-,25-,28+/m0/s1. The number of rotatable bonds is 4. The van der Waals surface area contributed by atoms with Gasteiger partial charge in [0.05, 0.1) is 64.2 Å². The number of aliphatic hydroxyl groups is 2. The highest BCUT2D eigenvalue weighted by atomic mass is 35.5. The number of aryl methyl sites for hydroxylation is 1. The molecule has 2 N–H and O–H groups in total. The number of epoxide rings is 2. The summed E-state index contributed by atoms with van der Waals surface area (Å²) in [7, 11) is 0. The molecule has 0 aromatic carbocycles. The molecule has 1 aromatic rings. The molecule has 3 saturated heterocycles. The molecule has 3 aliphatic rings. The number of fused-ring (bicyclic) bond motifs is 1. The molecule has 1 unspecified atom stereocenters. The normalized spacial score (nSPS) is 38.8. The van der Waals surface area contributed by atoms with E-state index in [9.17, 15) is 19.8 Å². The number of thiazole rings is 1. The SMILES string of the molecule is Cc1nc(/C=C(\Cl)[C@@H]2C[C@@H]3O[C@]3(C)CCC[C@H](C)[C@H](O)[C@@H](CC3CO3)C(=O)C(C)(C)[C@@H](O)CC(=O)O2)cs1. The number of esters is 1. The van der Waals surface area contributed by atoms with Gasteiger partial charge in [-0.2, -0.15) is 0 Å². The fourth-order valence-corrected chi connectivity index (χ4v) is 6.21. The molecule has 0 saturated carbocycles. The molecule has 212 valence electrons. The number of ether oxygens (including phenoxy) is 3. The molecule has 8 atom stereocenters. The first-order chi connectivity index (χ1) is 17.8. The predicted octanol–water partition coefficient (Wildman–Crippen LogP) is 4.42. The van der Waals surface area contributed by atoms with E-state index < -0.39 is 35.6 Å². The number of hydrogen-bond acceptors (Lipinski definition) is 9. The van der Waals surface area contributed by atoms with Crippen molar-refractivity contribution in [2.24, 2.45) is 17.3 Å². The minimum Gasteiger partial charge on any atom is -0.456 e. The second-order valence-corrected chi connectivity index (χ2v) is 13.4. The predicted molar refractivity (Wildman–Crippen MR) is 145 cm³/mol. The van der Waals surface area contributed by atoms with E-state index >= 15 is 0 Å². The summed E-state index contributed by atoms with van der Waals surface area (Å²) in [6, 6.07) is 0. The van der Waals surface area contributed by atoms with E-state index in [4.69, 9.17) is 25.8 Å². The number of carbonyl (C=O) groups is 2. The quantitative estimate of drug-likeness (QED) is 0.403. The van der Waals surface area contributed by atoms with Gasteiger partial charge in [-0.05, 0) is 45.1 Å². The van der Waals surface area contributed by atoms with E-state index in [0.717, 1.165) is 24.3 Å². The molecule has 1 aromatic heterocycles. The third-order valence-electron chi connectivity index (χ3n) is 8.38. The van der Waals surface area contributed by atoms with Gasteiger partial charge in [0.2, 0.25) is 0 Å². The van der Waals surface area contributed by atoms with Crippen molar-refractivity contribution >= 4 is 40.8 Å². The van der Waals surface area contributed by atoms with Crippen LogP contribution in [0.15, 0.2) is 10.4 Å². The van der Waals surface area contributed by atoms with Crippen LogP contribution in [-0.4, -0.2) is 69.7 Å². The smallest absolute Gasteiger partial charge is 0.309 e. The van der Waals surface area contributed by atoms with Gasteiger partial charge in [0.1, 0.15) is 11.9 Å². The van der Waals surface area contributed by atoms with Crippen LogP contribution in [0.3, 0.4) is 0 Å². The van der Waals surface area contributed by atoms with E-state index in [1.165, 1.54) is 11.3 Å². The lowest BCUT2D eigenvalue weighted by molar-refractivity contribution is -0.154. The van der Waals surface area contributed by atoms with Crippen LogP contribution >= 0.6 is 22.9 Å². The number of halogens is 1. The molecule has 4 heterocycles. The van der Waals surface area contributed by atoms with Crippen molar-refractivity contribution in [1.29, 1.82) is 0 Å². The lowest BCUT2D eigenvalue weighted by atomic mass is 9.71. The Labute approximate surface area is 233 Å². The van der Waals surface area contributed by atoms with Crippen molar-refractivity contribution in [3.8, 4) is 0 Å². The third kappa shape index (κ3) is 7.04. The fraction of sp³-hybridized carbons (Fsp3) is 0.750. The zero-order valence-electron chi connectivity index (χ0n) is 22.8. The van der Waals surface area contributed by atoms with Crippen molar-refractivity contribution in [3.05, 3.63) is 21.1 Å². The van der Waals surface area contributed by atoms with Gasteiger partial charge < -0.3 is 24.4 Å². The van der Waals surface area contributed by atoms with E-state index in [1.54, 1.807) is 19.9 Å². The summed E-state index contributed by atoms with van der Waals surface area (Å²) in [5.41, 5.74) is -0.966. The summed E-state index contributed by atoms with van der Waals surface area (Å²) >= 11 is 8.16. The molecule has 8 nitrogen and oxygen atoms in total. The van der Waals surface area contributed by atoms with Gasteiger partial charge >= 0.3 is 5.97 Å². The Kier molecular flexibility index (Phi) is 9.06. The number of hydrogen-bond donors (Lipinski definition) is 2. The topological polar surface area (TPSA) is 122 Å². The van der Waals surface area contributed by atoms with Gasteiger partial charge in [0.25, 0.3) is 0 Å². The zero-order chi connectivity index (χ0) is 27.8. The minimum atomic E-state index is -1.30. The summed E-state index contributed by atoms with van der Waals surface area (Å²) < 4.78 is 17.2. The maximum atomic E-state index is 13.7. The second-order valence-electron chi connectivity index (χ2n) is 11.9. The van der Waals surface area contributed by atoms with Crippen molar-refractivity contribution in [3.63, 3.8) is 0 Å². The Morgan fingerprint density at radius 3 is 2.63 bits per heavy atom. The average molecular weight is 570 g/mol. The molecule has 0 radical (unpaired) electrons. The van der Waals surface area contributed by atoms with E-state index in [-0.39, 0.29) is 35.9 Å². The van der Waals surface area contributed by atoms with Crippen LogP contribution in [-0.2, 0) is 23.8 Å². The van der Waals surface area contributed by atoms with Crippen LogP contribution in [0.5, 0.6) is 0 Å². The molecule has 0 aliphatic carbocycles. The summed E-state index contributed by atoms with van der Waals surface area (Å²) in [5, 5.41) is 25.4. The summed E-state index contributed by atoms with van der Waals surface area (Å²) in [6.07, 6.45) is 1.26. The van der Waals surface area contributed by atoms with Gasteiger partial charge in [-0.1, -0.05) is 38.8 Å². The zero-order valence-corrected chi connectivity index (χ0v) is 24.4. The Hall–Kier alpha value is -1.36. The molecule has 3 fully saturated rings. The maximum Gasteiger partial charge on any atom is 0.309 e. The Morgan fingerprint density at radius 2 is 2.00 bits per heavy atom. The lowest BCUT2D eigenvalue weighted by Gasteiger charge is -2.36. The van der Waals surface area contributed by atoms with Crippen LogP contribution in [0.25, 0.3) is 6.08 Å². The Bertz CT molecular complexity index is 1050. The van der Waals surface area contributed by atoms with Crippen LogP contribution < -0.4 is 0 Å². The molecule has 3 aliphatic heterocycles. The highest BCUT2D eigenvalue weighted by molar-refractivity contribution is 7.09. The third-order valence-corrected chi connectivity index (χ3v) is 9.52. The number of aromatic nitrogens is 1. The van der Waals surface area contributed by atoms with Crippen molar-refractivity contribution in [1.82, 2.24) is 4.98 Å². The Morgan fingerprint density at radius 1 is 1.29 bits per heavy atom. The maximum absolute atomic E-state index is 13.7. The minimum absolute atomic E-state index is 0.0648. The molecule has 0 bridgehead atoms. The highest BCUT2D eigenvalue weighted by Crippen LogP contribution is 2.45. The Balaban J connectivity index is 1.58. The van der Waals surface area contributed by atoms with Gasteiger partial charge in [-0.3, -0.25) is 9.59 Å². The first-order valence-electron chi connectivity index (χ1n) is 13.5. The summed E-state index contributed by atoms with van der Waals surface area (Å²) in [6.45, 7) is 9.69. The van der Waals surface area contributed by atoms with E-state index in [0.29, 0.717) is 30.2 Å². The van der Waals surface area contributed by atoms with Crippen LogP contribution in [0.4, 0.5) is 0 Å². The number of ketones is 1. The van der Waals surface area contributed by atoms with Crippen molar-refractivity contribution in [2.75, 3.05) is 6.61 Å². The number of nitrogens with zero attached hydrogens (tertiary/aromatic N) is 1. The first-order valence-corrected chi connectivity index (χ1v) is 14.7. The molecule has 10 heteroatoms. The number of aliphatic hydroxyl groups excluding tert-OH is 2. The molecular formula is C28H40ClNO7S. The number of carbonyl (C=O) groups excluding carboxylic acids is 2. The number of cyclic esters (lactones) is 1. The molecule has 4 rings (SSSR count). The largest absolute Gasteiger partial charge is 0.456 e. The van der Waals surface area contributed by atoms with Crippen LogP contribution in [0.2, 0.25) is 0 Å². The van der Waals surface area contributed by atoms with Crippen LogP contribution in [0, 0.1) is 24.2 Å². The van der Waals surface area contributed by atoms with Gasteiger partial charge in [0, 0.05) is 17.7 Å². The average Bonchev–Trinajstić information content (AvgIpc) is 3.74. The highest BCUT2D eigenvalue weighted by Gasteiger charge is 2.53. The molecule has 0 spiro atoms. The monoisotopic (exact) mass is 569 g/mol. The fourth-order valence-electron chi connectivity index (χ4n) is 5.39. The van der Waals surface area contributed by atoms with Crippen LogP contribution in [0.1, 0.15) is 76.9 Å².